The molecule has 0 aliphatic carbocycles. The molecule has 2 heterocycles. The fourth-order valence-electron chi connectivity index (χ4n) is 3.60. The highest BCUT2D eigenvalue weighted by atomic mass is 16.9. The summed E-state index contributed by atoms with van der Waals surface area (Å²) in [4.78, 5) is 20.0. The molecule has 1 saturated heterocycles. The van der Waals surface area contributed by atoms with Crippen molar-refractivity contribution in [2.24, 2.45) is 0 Å². The van der Waals surface area contributed by atoms with Gasteiger partial charge in [0.1, 0.15) is 6.61 Å². The van der Waals surface area contributed by atoms with Crippen molar-refractivity contribution in [2.75, 3.05) is 13.2 Å². The minimum Gasteiger partial charge on any atom is -0.490 e. The van der Waals surface area contributed by atoms with Gasteiger partial charge in [-0.15, -0.1) is 0 Å². The maximum atomic E-state index is 11.2. The Balaban J connectivity index is 1.59. The zero-order valence-electron chi connectivity index (χ0n) is 19.0. The summed E-state index contributed by atoms with van der Waals surface area (Å²) in [5, 5.41) is 9.17. The van der Waals surface area contributed by atoms with E-state index in [9.17, 15) is 4.79 Å². The molecule has 0 amide bonds. The Hall–Kier alpha value is -2.71. The number of nitrogens with zero attached hydrogens (tertiary/aromatic N) is 2. The van der Waals surface area contributed by atoms with E-state index in [1.807, 2.05) is 0 Å². The van der Waals surface area contributed by atoms with Crippen LogP contribution in [0.4, 0.5) is 4.79 Å². The number of carboxylic acid groups (broad SMARTS) is 1. The molecule has 1 fully saturated rings. The van der Waals surface area contributed by atoms with Crippen molar-refractivity contribution in [3.05, 3.63) is 42.2 Å². The van der Waals surface area contributed by atoms with E-state index in [0.717, 1.165) is 12.0 Å². The van der Waals surface area contributed by atoms with Gasteiger partial charge in [0.15, 0.2) is 17.4 Å². The van der Waals surface area contributed by atoms with Crippen LogP contribution in [0.5, 0.6) is 5.75 Å². The molecule has 1 atom stereocenters. The predicted molar refractivity (Wildman–Crippen MR) is 118 cm³/mol. The van der Waals surface area contributed by atoms with Crippen molar-refractivity contribution in [1.29, 1.82) is 0 Å². The van der Waals surface area contributed by atoms with Crippen molar-refractivity contribution in [1.82, 2.24) is 9.97 Å². The summed E-state index contributed by atoms with van der Waals surface area (Å²) in [6, 6.07) is 7.05. The first-order valence-electron chi connectivity index (χ1n) is 11.2. The third-order valence-electron chi connectivity index (χ3n) is 5.25. The summed E-state index contributed by atoms with van der Waals surface area (Å²) >= 11 is 0. The smallest absolute Gasteiger partial charge is 0.490 e. The van der Waals surface area contributed by atoms with Crippen molar-refractivity contribution in [3.8, 4) is 17.1 Å². The average Bonchev–Trinajstić information content (AvgIpc) is 3.08. The molecule has 0 spiro atoms. The van der Waals surface area contributed by atoms with Crippen LogP contribution in [0.2, 0.25) is 0 Å². The van der Waals surface area contributed by atoms with E-state index >= 15 is 0 Å². The molecule has 174 valence electrons. The summed E-state index contributed by atoms with van der Waals surface area (Å²) in [6.07, 6.45) is 9.17. The molecule has 0 saturated carbocycles. The van der Waals surface area contributed by atoms with E-state index in [2.05, 4.69) is 16.9 Å². The largest absolute Gasteiger partial charge is 0.508 e. The van der Waals surface area contributed by atoms with Crippen LogP contribution in [0.3, 0.4) is 0 Å². The van der Waals surface area contributed by atoms with E-state index in [4.69, 9.17) is 24.1 Å². The molecule has 0 bridgehead atoms. The van der Waals surface area contributed by atoms with E-state index in [0.29, 0.717) is 23.7 Å². The van der Waals surface area contributed by atoms with E-state index in [1.54, 1.807) is 50.5 Å². The Morgan fingerprint density at radius 1 is 1.06 bits per heavy atom. The van der Waals surface area contributed by atoms with Crippen LogP contribution in [-0.2, 0) is 20.0 Å². The lowest BCUT2D eigenvalue weighted by Gasteiger charge is -2.27. The molecule has 1 aromatic carbocycles. The SMILES string of the molecule is CCCCCCCCOc1cnc(-c2ccc([C@@]3(OC(=O)O)COC(C)(C)O3)cc2)nc1. The van der Waals surface area contributed by atoms with E-state index in [1.165, 1.54) is 32.1 Å². The Labute approximate surface area is 188 Å². The molecule has 32 heavy (non-hydrogen) atoms. The second kappa shape index (κ2) is 10.7. The fraction of sp³-hybridized carbons (Fsp3) is 0.542. The molecule has 1 aliphatic rings. The number of hydrogen-bond acceptors (Lipinski definition) is 7. The molecular weight excluding hydrogens is 412 g/mol. The number of aromatic nitrogens is 2. The van der Waals surface area contributed by atoms with Gasteiger partial charge in [-0.2, -0.15) is 0 Å². The Bertz CT molecular complexity index is 869. The van der Waals surface area contributed by atoms with Gasteiger partial charge in [0.25, 0.3) is 5.79 Å². The summed E-state index contributed by atoms with van der Waals surface area (Å²) in [5.74, 6) is -1.28. The van der Waals surface area contributed by atoms with Gasteiger partial charge in [0.2, 0.25) is 0 Å². The monoisotopic (exact) mass is 444 g/mol. The highest BCUT2D eigenvalue weighted by molar-refractivity contribution is 5.59. The predicted octanol–water partition coefficient (Wildman–Crippen LogP) is 5.51. The van der Waals surface area contributed by atoms with Crippen LogP contribution in [0.25, 0.3) is 11.4 Å². The first-order valence-corrected chi connectivity index (χ1v) is 11.2. The standard InChI is InChI=1S/C24H32N2O6/c1-4-5-6-7-8-9-14-29-20-15-25-21(26-16-20)18-10-12-19(13-11-18)24(31-22(27)28)17-30-23(2,3)32-24/h10-13,15-16H,4-9,14,17H2,1-3H3,(H,27,28)/t24-/m1/s1. The topological polar surface area (TPSA) is 100 Å². The third-order valence-corrected chi connectivity index (χ3v) is 5.25. The maximum Gasteiger partial charge on any atom is 0.508 e. The van der Waals surface area contributed by atoms with Crippen LogP contribution in [0.1, 0.15) is 64.9 Å². The number of unbranched alkanes of at least 4 members (excludes halogenated alkanes) is 5. The lowest BCUT2D eigenvalue weighted by atomic mass is 10.0. The first-order chi connectivity index (χ1) is 15.3. The third kappa shape index (κ3) is 6.40. The molecule has 0 unspecified atom stereocenters. The zero-order chi connectivity index (χ0) is 23.0. The lowest BCUT2D eigenvalue weighted by Crippen LogP contribution is -2.36. The number of carbonyl (C=O) groups is 1. The number of hydrogen-bond donors (Lipinski definition) is 1. The normalized spacial score (nSPS) is 19.6. The molecule has 3 rings (SSSR count). The van der Waals surface area contributed by atoms with Gasteiger partial charge in [-0.1, -0.05) is 63.3 Å². The molecular formula is C24H32N2O6. The van der Waals surface area contributed by atoms with E-state index in [-0.39, 0.29) is 6.61 Å². The van der Waals surface area contributed by atoms with Gasteiger partial charge in [0, 0.05) is 11.1 Å². The molecule has 2 aromatic rings. The Morgan fingerprint density at radius 2 is 1.72 bits per heavy atom. The van der Waals surface area contributed by atoms with Crippen molar-refractivity contribution in [2.45, 2.75) is 70.9 Å². The van der Waals surface area contributed by atoms with Crippen LogP contribution < -0.4 is 4.74 Å². The minimum atomic E-state index is -1.51. The van der Waals surface area contributed by atoms with Gasteiger partial charge in [0.05, 0.1) is 19.0 Å². The average molecular weight is 445 g/mol. The molecule has 0 radical (unpaired) electrons. The summed E-state index contributed by atoms with van der Waals surface area (Å²) in [6.45, 7) is 6.25. The second-order valence-corrected chi connectivity index (χ2v) is 8.35. The van der Waals surface area contributed by atoms with E-state index < -0.39 is 17.7 Å². The highest BCUT2D eigenvalue weighted by Crippen LogP contribution is 2.40. The molecule has 8 heteroatoms. The van der Waals surface area contributed by atoms with Gasteiger partial charge in [-0.3, -0.25) is 0 Å². The molecule has 1 aromatic heterocycles. The van der Waals surface area contributed by atoms with Crippen LogP contribution in [0.15, 0.2) is 36.7 Å². The quantitative estimate of drug-likeness (QED) is 0.357. The minimum absolute atomic E-state index is 0.0349. The Morgan fingerprint density at radius 3 is 2.31 bits per heavy atom. The summed E-state index contributed by atoms with van der Waals surface area (Å²) < 4.78 is 22.2. The summed E-state index contributed by atoms with van der Waals surface area (Å²) in [7, 11) is 0. The first kappa shape index (κ1) is 23.9. The molecule has 8 nitrogen and oxygen atoms in total. The lowest BCUT2D eigenvalue weighted by molar-refractivity contribution is -0.240. The van der Waals surface area contributed by atoms with Gasteiger partial charge in [-0.05, 0) is 20.3 Å². The van der Waals surface area contributed by atoms with Crippen LogP contribution >= 0.6 is 0 Å². The van der Waals surface area contributed by atoms with Crippen molar-refractivity contribution < 1.29 is 28.8 Å². The van der Waals surface area contributed by atoms with Gasteiger partial charge in [-0.25, -0.2) is 14.8 Å². The van der Waals surface area contributed by atoms with Crippen LogP contribution in [-0.4, -0.2) is 40.2 Å². The highest BCUT2D eigenvalue weighted by Gasteiger charge is 2.50. The van der Waals surface area contributed by atoms with Gasteiger partial charge < -0.3 is 24.1 Å². The number of ether oxygens (including phenoxy) is 4. The van der Waals surface area contributed by atoms with Gasteiger partial charge >= 0.3 is 6.16 Å². The molecule has 1 N–H and O–H groups in total. The Kier molecular flexibility index (Phi) is 8.04. The van der Waals surface area contributed by atoms with Crippen LogP contribution in [0, 0.1) is 0 Å². The molecule has 1 aliphatic heterocycles. The van der Waals surface area contributed by atoms with Crippen molar-refractivity contribution >= 4 is 6.16 Å². The maximum absolute atomic E-state index is 11.2. The summed E-state index contributed by atoms with van der Waals surface area (Å²) in [5.41, 5.74) is 1.31. The zero-order valence-corrected chi connectivity index (χ0v) is 19.0. The number of benzene rings is 1. The number of rotatable bonds is 11. The second-order valence-electron chi connectivity index (χ2n) is 8.35. The fourth-order valence-corrected chi connectivity index (χ4v) is 3.60. The van der Waals surface area contributed by atoms with Crippen molar-refractivity contribution in [3.63, 3.8) is 0 Å².